The molecule has 5 nitrogen and oxygen atoms in total. The molecule has 6 aromatic rings. The van der Waals surface area contributed by atoms with Gasteiger partial charge in [0.25, 0.3) is 0 Å². The lowest BCUT2D eigenvalue weighted by molar-refractivity contribution is 0.593. The number of hydrogen-bond donors (Lipinski definition) is 0. The summed E-state index contributed by atoms with van der Waals surface area (Å²) >= 11 is 0. The third kappa shape index (κ3) is 4.50. The van der Waals surface area contributed by atoms with Gasteiger partial charge in [0.2, 0.25) is 5.88 Å². The molecule has 0 aliphatic rings. The third-order valence-electron chi connectivity index (χ3n) is 6.72. The highest BCUT2D eigenvalue weighted by Crippen LogP contribution is 2.42. The highest BCUT2D eigenvalue weighted by Gasteiger charge is 2.22. The fourth-order valence-electron chi connectivity index (χ4n) is 4.87. The van der Waals surface area contributed by atoms with E-state index < -0.39 is 0 Å². The monoisotopic (exact) mass is 502 g/mol. The highest BCUT2D eigenvalue weighted by atomic mass is 16.4. The fourth-order valence-corrected chi connectivity index (χ4v) is 4.87. The van der Waals surface area contributed by atoms with E-state index in [1.54, 1.807) is 6.21 Å². The molecule has 0 saturated heterocycles. The first-order chi connectivity index (χ1) is 19.3. The first-order valence-corrected chi connectivity index (χ1v) is 12.5. The lowest BCUT2D eigenvalue weighted by atomic mass is 9.98. The maximum atomic E-state index is 10.2. The number of benzene rings is 4. The van der Waals surface area contributed by atoms with Crippen LogP contribution in [0.1, 0.15) is 22.3 Å². The summed E-state index contributed by atoms with van der Waals surface area (Å²) in [5, 5.41) is 20.8. The van der Waals surface area contributed by atoms with Crippen molar-refractivity contribution in [2.75, 3.05) is 0 Å². The Morgan fingerprint density at radius 3 is 2.15 bits per heavy atom. The minimum Gasteiger partial charge on any atom is -0.436 e. The number of nitriles is 2. The van der Waals surface area contributed by atoms with Crippen molar-refractivity contribution in [1.82, 2.24) is 4.57 Å². The Bertz CT molecular complexity index is 1900. The third-order valence-corrected chi connectivity index (χ3v) is 6.72. The van der Waals surface area contributed by atoms with Crippen LogP contribution in [0, 0.1) is 22.7 Å². The summed E-state index contributed by atoms with van der Waals surface area (Å²) in [5.74, 6) is 0.878. The molecule has 0 atom stereocenters. The molecule has 0 radical (unpaired) electrons. The topological polar surface area (TPSA) is 78.0 Å². The number of aliphatic imine (C=N–C) groups is 1. The van der Waals surface area contributed by atoms with Crippen molar-refractivity contribution < 1.29 is 4.42 Å². The molecule has 0 aliphatic carbocycles. The van der Waals surface area contributed by atoms with Crippen molar-refractivity contribution >= 4 is 23.0 Å². The maximum Gasteiger partial charge on any atom is 0.238 e. The van der Waals surface area contributed by atoms with Gasteiger partial charge in [0.15, 0.2) is 0 Å². The van der Waals surface area contributed by atoms with E-state index in [0.717, 1.165) is 38.7 Å². The summed E-state index contributed by atoms with van der Waals surface area (Å²) in [6.45, 7) is 0.554. The Hall–Kier alpha value is -5.65. The quantitative estimate of drug-likeness (QED) is 0.216. The van der Waals surface area contributed by atoms with E-state index in [2.05, 4.69) is 22.8 Å². The number of nitrogens with zero attached hydrogens (tertiary/aromatic N) is 4. The van der Waals surface area contributed by atoms with E-state index in [0.29, 0.717) is 23.4 Å². The summed E-state index contributed by atoms with van der Waals surface area (Å²) in [6.07, 6.45) is 3.77. The average Bonchev–Trinajstić information content (AvgIpc) is 3.55. The van der Waals surface area contributed by atoms with Gasteiger partial charge in [-0.05, 0) is 23.3 Å². The van der Waals surface area contributed by atoms with Crippen molar-refractivity contribution in [2.24, 2.45) is 4.99 Å². The summed E-state index contributed by atoms with van der Waals surface area (Å²) in [6, 6.07) is 39.9. The van der Waals surface area contributed by atoms with Gasteiger partial charge in [-0.2, -0.15) is 10.5 Å². The number of rotatable bonds is 6. The molecule has 2 heterocycles. The van der Waals surface area contributed by atoms with Crippen molar-refractivity contribution in [3.05, 3.63) is 138 Å². The molecule has 2 aromatic heterocycles. The van der Waals surface area contributed by atoms with E-state index in [1.807, 2.05) is 109 Å². The van der Waals surface area contributed by atoms with Crippen LogP contribution in [0.3, 0.4) is 0 Å². The van der Waals surface area contributed by atoms with Gasteiger partial charge in [-0.25, -0.2) is 4.99 Å². The molecule has 0 aliphatic heterocycles. The van der Waals surface area contributed by atoms with E-state index in [-0.39, 0.29) is 5.88 Å². The van der Waals surface area contributed by atoms with Crippen LogP contribution in [0.5, 0.6) is 0 Å². The van der Waals surface area contributed by atoms with Crippen LogP contribution >= 0.6 is 0 Å². The van der Waals surface area contributed by atoms with Crippen LogP contribution in [0.4, 0.5) is 5.88 Å². The van der Waals surface area contributed by atoms with Crippen molar-refractivity contribution in [2.45, 2.75) is 6.54 Å². The van der Waals surface area contributed by atoms with E-state index in [9.17, 15) is 10.5 Å². The van der Waals surface area contributed by atoms with Crippen molar-refractivity contribution in [3.8, 4) is 34.6 Å². The zero-order valence-corrected chi connectivity index (χ0v) is 21.0. The Morgan fingerprint density at radius 2 is 1.41 bits per heavy atom. The van der Waals surface area contributed by atoms with Crippen LogP contribution in [-0.2, 0) is 6.54 Å². The van der Waals surface area contributed by atoms with Crippen LogP contribution in [0.25, 0.3) is 33.4 Å². The van der Waals surface area contributed by atoms with Crippen molar-refractivity contribution in [1.29, 1.82) is 10.5 Å². The molecular formula is C34H22N4O. The summed E-state index contributed by atoms with van der Waals surface area (Å²) in [5.41, 5.74) is 6.41. The molecular weight excluding hydrogens is 480 g/mol. The van der Waals surface area contributed by atoms with Gasteiger partial charge in [-0.15, -0.1) is 0 Å². The van der Waals surface area contributed by atoms with Gasteiger partial charge in [0.05, 0.1) is 11.6 Å². The maximum absolute atomic E-state index is 10.2. The number of aromatic nitrogens is 1. The Kier molecular flexibility index (Phi) is 6.31. The van der Waals surface area contributed by atoms with E-state index >= 15 is 0 Å². The second-order valence-electron chi connectivity index (χ2n) is 9.09. The lowest BCUT2D eigenvalue weighted by Gasteiger charge is -2.07. The Balaban J connectivity index is 1.46. The predicted octanol–water partition coefficient (Wildman–Crippen LogP) is 8.11. The number of fused-ring (bicyclic) bond motifs is 1. The SMILES string of the molecule is N#Cc1ccccc1Cn1cc(C=Nc2oc(-c3ccccc3)c(-c3ccccc3)c2C#N)c2ccccc21. The van der Waals surface area contributed by atoms with Crippen molar-refractivity contribution in [3.63, 3.8) is 0 Å². The molecule has 4 aromatic carbocycles. The van der Waals surface area contributed by atoms with Gasteiger partial charge in [0, 0.05) is 46.5 Å². The number of hydrogen-bond acceptors (Lipinski definition) is 4. The molecule has 6 rings (SSSR count). The predicted molar refractivity (Wildman–Crippen MR) is 154 cm³/mol. The summed E-state index contributed by atoms with van der Waals surface area (Å²) in [7, 11) is 0. The molecule has 0 bridgehead atoms. The van der Waals surface area contributed by atoms with Crippen LogP contribution in [0.15, 0.2) is 125 Å². The average molecular weight is 503 g/mol. The first-order valence-electron chi connectivity index (χ1n) is 12.5. The minimum atomic E-state index is 0.266. The molecule has 0 fully saturated rings. The molecule has 0 unspecified atom stereocenters. The normalized spacial score (nSPS) is 11.0. The zero-order valence-electron chi connectivity index (χ0n) is 21.0. The molecule has 0 N–H and O–H groups in total. The lowest BCUT2D eigenvalue weighted by Crippen LogP contribution is -2.00. The molecule has 0 saturated carbocycles. The largest absolute Gasteiger partial charge is 0.436 e. The molecule has 0 spiro atoms. The minimum absolute atomic E-state index is 0.266. The standard InChI is InChI=1S/C34H22N4O/c35-19-26-15-7-8-16-27(26)22-38-23-28(29-17-9-10-18-31(29)38)21-37-34-30(20-36)32(24-11-3-1-4-12-24)33(39-34)25-13-5-2-6-14-25/h1-18,21,23H,22H2. The van der Waals surface area contributed by atoms with Gasteiger partial charge in [-0.1, -0.05) is 97.1 Å². The molecule has 39 heavy (non-hydrogen) atoms. The number of para-hydroxylation sites is 1. The molecule has 184 valence electrons. The molecule has 0 amide bonds. The van der Waals surface area contributed by atoms with Crippen LogP contribution in [0.2, 0.25) is 0 Å². The smallest absolute Gasteiger partial charge is 0.238 e. The second-order valence-corrected chi connectivity index (χ2v) is 9.09. The zero-order chi connectivity index (χ0) is 26.6. The van der Waals surface area contributed by atoms with Crippen LogP contribution in [-0.4, -0.2) is 10.8 Å². The Morgan fingerprint density at radius 1 is 0.744 bits per heavy atom. The Labute approximate surface area is 226 Å². The van der Waals surface area contributed by atoms with Crippen LogP contribution < -0.4 is 0 Å². The van der Waals surface area contributed by atoms with E-state index in [1.165, 1.54) is 0 Å². The fraction of sp³-hybridized carbons (Fsp3) is 0.0294. The summed E-state index contributed by atoms with van der Waals surface area (Å²) < 4.78 is 8.40. The van der Waals surface area contributed by atoms with Gasteiger partial charge < -0.3 is 8.98 Å². The van der Waals surface area contributed by atoms with Gasteiger partial charge in [0.1, 0.15) is 17.4 Å². The number of furan rings is 1. The summed E-state index contributed by atoms with van der Waals surface area (Å²) in [4.78, 5) is 4.70. The van der Waals surface area contributed by atoms with Gasteiger partial charge >= 0.3 is 0 Å². The van der Waals surface area contributed by atoms with Gasteiger partial charge in [-0.3, -0.25) is 0 Å². The molecule has 5 heteroatoms. The first kappa shape index (κ1) is 23.7. The second kappa shape index (κ2) is 10.4. The highest BCUT2D eigenvalue weighted by molar-refractivity contribution is 6.00. The van der Waals surface area contributed by atoms with E-state index in [4.69, 9.17) is 9.41 Å².